The Bertz CT molecular complexity index is 372. The minimum absolute atomic E-state index is 0.0323. The van der Waals surface area contributed by atoms with Crippen molar-refractivity contribution >= 4 is 6.34 Å². The van der Waals surface area contributed by atoms with Crippen LogP contribution in [0, 0.1) is 11.8 Å². The zero-order valence-corrected chi connectivity index (χ0v) is 14.2. The highest BCUT2D eigenvalue weighted by Crippen LogP contribution is 2.43. The number of rotatable bonds is 6. The lowest BCUT2D eigenvalue weighted by atomic mass is 9.73. The number of hydrogen-bond acceptors (Lipinski definition) is 1. The lowest BCUT2D eigenvalue weighted by molar-refractivity contribution is 0.232. The molecule has 0 atom stereocenters. The van der Waals surface area contributed by atoms with Crippen LogP contribution < -0.4 is 5.73 Å². The Morgan fingerprint density at radius 2 is 1.36 bits per heavy atom. The molecule has 2 N–H and O–H groups in total. The van der Waals surface area contributed by atoms with Crippen molar-refractivity contribution in [1.82, 2.24) is 0 Å². The first-order chi connectivity index (χ1) is 10.8. The summed E-state index contributed by atoms with van der Waals surface area (Å²) in [6.45, 7) is 0. The van der Waals surface area contributed by atoms with E-state index in [0.717, 1.165) is 11.8 Å². The third kappa shape index (κ3) is 4.60. The fourth-order valence-corrected chi connectivity index (χ4v) is 4.87. The van der Waals surface area contributed by atoms with E-state index in [0.29, 0.717) is 0 Å². The van der Waals surface area contributed by atoms with Crippen LogP contribution in [0.1, 0.15) is 89.9 Å². The summed E-state index contributed by atoms with van der Waals surface area (Å²) in [6, 6.07) is 0. The van der Waals surface area contributed by atoms with Gasteiger partial charge in [0.25, 0.3) is 0 Å². The second-order valence-corrected chi connectivity index (χ2v) is 8.10. The van der Waals surface area contributed by atoms with Crippen molar-refractivity contribution in [2.45, 2.75) is 95.4 Å². The Labute approximate surface area is 136 Å². The first kappa shape index (κ1) is 16.1. The third-order valence-electron chi connectivity index (χ3n) is 6.08. The van der Waals surface area contributed by atoms with E-state index in [1.54, 1.807) is 11.9 Å². The molecule has 3 aliphatic rings. The van der Waals surface area contributed by atoms with Crippen molar-refractivity contribution in [1.29, 1.82) is 0 Å². The third-order valence-corrected chi connectivity index (χ3v) is 6.08. The van der Waals surface area contributed by atoms with E-state index >= 15 is 0 Å². The molecular weight excluding hydrogens is 268 g/mol. The molecule has 0 heterocycles. The first-order valence-corrected chi connectivity index (χ1v) is 9.76. The van der Waals surface area contributed by atoms with E-state index in [4.69, 9.17) is 10.7 Å². The molecule has 124 valence electrons. The Balaban J connectivity index is 1.73. The van der Waals surface area contributed by atoms with E-state index in [1.807, 2.05) is 0 Å². The minimum Gasteiger partial charge on any atom is -0.390 e. The number of nitrogens with two attached hydrogens (primary N) is 1. The van der Waals surface area contributed by atoms with Crippen molar-refractivity contribution in [3.63, 3.8) is 0 Å². The number of hydrogen-bond donors (Lipinski definition) is 1. The summed E-state index contributed by atoms with van der Waals surface area (Å²) in [5.74, 6) is 1.74. The Morgan fingerprint density at radius 3 is 1.77 bits per heavy atom. The molecule has 0 radical (unpaired) electrons. The van der Waals surface area contributed by atoms with Crippen LogP contribution >= 0.6 is 0 Å². The predicted molar refractivity (Wildman–Crippen MR) is 95.1 cm³/mol. The molecule has 0 aromatic carbocycles. The van der Waals surface area contributed by atoms with Gasteiger partial charge in [-0.1, -0.05) is 75.9 Å². The second kappa shape index (κ2) is 7.66. The molecule has 3 aliphatic carbocycles. The topological polar surface area (TPSA) is 38.4 Å². The molecule has 2 nitrogen and oxygen atoms in total. The molecule has 0 bridgehead atoms. The summed E-state index contributed by atoms with van der Waals surface area (Å²) >= 11 is 0. The molecule has 0 aromatic heterocycles. The maximum atomic E-state index is 5.80. The Kier molecular flexibility index (Phi) is 5.60. The van der Waals surface area contributed by atoms with Crippen LogP contribution in [0.4, 0.5) is 0 Å². The van der Waals surface area contributed by atoms with E-state index < -0.39 is 0 Å². The van der Waals surface area contributed by atoms with Gasteiger partial charge in [-0.15, -0.1) is 0 Å². The van der Waals surface area contributed by atoms with Gasteiger partial charge in [-0.05, 0) is 37.5 Å². The summed E-state index contributed by atoms with van der Waals surface area (Å²) in [4.78, 5) is 4.90. The van der Waals surface area contributed by atoms with E-state index in [-0.39, 0.29) is 5.54 Å². The van der Waals surface area contributed by atoms with Crippen molar-refractivity contribution in [3.8, 4) is 0 Å². The highest BCUT2D eigenvalue weighted by Gasteiger charge is 2.35. The fraction of sp³-hybridized carbons (Fsp3) is 0.850. The predicted octanol–water partition coefficient (Wildman–Crippen LogP) is 5.37. The number of aliphatic imine (C=N–C) groups is 1. The molecule has 22 heavy (non-hydrogen) atoms. The summed E-state index contributed by atoms with van der Waals surface area (Å²) < 4.78 is 0. The molecule has 3 rings (SSSR count). The molecule has 0 spiro atoms. The van der Waals surface area contributed by atoms with Gasteiger partial charge in [0.1, 0.15) is 0 Å². The van der Waals surface area contributed by atoms with Crippen LogP contribution in [-0.4, -0.2) is 11.9 Å². The van der Waals surface area contributed by atoms with Crippen LogP contribution in [0.15, 0.2) is 16.6 Å². The van der Waals surface area contributed by atoms with Gasteiger partial charge in [0.05, 0.1) is 11.9 Å². The van der Waals surface area contributed by atoms with Crippen LogP contribution in [0.5, 0.6) is 0 Å². The Morgan fingerprint density at radius 1 is 0.864 bits per heavy atom. The normalized spacial score (nSPS) is 24.8. The minimum atomic E-state index is 0.0323. The van der Waals surface area contributed by atoms with E-state index in [2.05, 4.69) is 6.08 Å². The van der Waals surface area contributed by atoms with Crippen molar-refractivity contribution in [2.24, 2.45) is 22.6 Å². The molecule has 2 heteroatoms. The Hall–Kier alpha value is -0.790. The standard InChI is InChI=1S/C20H34N2/c21-16-22-20(15-19-11-12-19,13-17-7-3-1-4-8-17)14-18-9-5-2-6-10-18/h15-18H,1-14H2,(H2,21,22). The van der Waals surface area contributed by atoms with Crippen LogP contribution in [0.3, 0.4) is 0 Å². The summed E-state index contributed by atoms with van der Waals surface area (Å²) in [5.41, 5.74) is 7.47. The molecular formula is C20H34N2. The van der Waals surface area contributed by atoms with Gasteiger partial charge >= 0.3 is 0 Å². The van der Waals surface area contributed by atoms with Crippen molar-refractivity contribution < 1.29 is 0 Å². The van der Waals surface area contributed by atoms with Gasteiger partial charge in [0.15, 0.2) is 0 Å². The van der Waals surface area contributed by atoms with Gasteiger partial charge < -0.3 is 5.73 Å². The monoisotopic (exact) mass is 302 g/mol. The van der Waals surface area contributed by atoms with Gasteiger partial charge in [-0.25, -0.2) is 0 Å². The SMILES string of the molecule is NC=NC(C=C1CC1)(CC1CCCCC1)CC1CCCCC1. The maximum Gasteiger partial charge on any atom is 0.0812 e. The average molecular weight is 303 g/mol. The second-order valence-electron chi connectivity index (χ2n) is 8.10. The number of allylic oxidation sites excluding steroid dienone is 1. The van der Waals surface area contributed by atoms with Crippen molar-refractivity contribution in [2.75, 3.05) is 0 Å². The zero-order chi connectivity index (χ0) is 15.3. The average Bonchev–Trinajstić information content (AvgIpc) is 3.33. The molecule has 3 fully saturated rings. The van der Waals surface area contributed by atoms with Gasteiger partial charge in [-0.3, -0.25) is 4.99 Å². The summed E-state index contributed by atoms with van der Waals surface area (Å²) in [5, 5.41) is 0. The summed E-state index contributed by atoms with van der Waals surface area (Å²) in [6.07, 6.45) is 23.5. The van der Waals surface area contributed by atoms with E-state index in [1.165, 1.54) is 89.9 Å². The highest BCUT2D eigenvalue weighted by atomic mass is 14.9. The lowest BCUT2D eigenvalue weighted by Gasteiger charge is -2.36. The largest absolute Gasteiger partial charge is 0.390 e. The molecule has 0 saturated heterocycles. The van der Waals surface area contributed by atoms with Gasteiger partial charge in [0.2, 0.25) is 0 Å². The maximum absolute atomic E-state index is 5.80. The molecule has 0 unspecified atom stereocenters. The molecule has 3 saturated carbocycles. The van der Waals surface area contributed by atoms with Crippen LogP contribution in [0.2, 0.25) is 0 Å². The van der Waals surface area contributed by atoms with Crippen molar-refractivity contribution in [3.05, 3.63) is 11.6 Å². The fourth-order valence-electron chi connectivity index (χ4n) is 4.87. The molecule has 0 aliphatic heterocycles. The zero-order valence-electron chi connectivity index (χ0n) is 14.2. The smallest absolute Gasteiger partial charge is 0.0812 e. The molecule has 0 aromatic rings. The van der Waals surface area contributed by atoms with Crippen LogP contribution in [-0.2, 0) is 0 Å². The summed E-state index contributed by atoms with van der Waals surface area (Å²) in [7, 11) is 0. The van der Waals surface area contributed by atoms with E-state index in [9.17, 15) is 0 Å². The first-order valence-electron chi connectivity index (χ1n) is 9.76. The lowest BCUT2D eigenvalue weighted by Crippen LogP contribution is -2.32. The quantitative estimate of drug-likeness (QED) is 0.399. The molecule has 0 amide bonds. The number of nitrogens with zero attached hydrogens (tertiary/aromatic N) is 1. The van der Waals surface area contributed by atoms with Crippen LogP contribution in [0.25, 0.3) is 0 Å². The van der Waals surface area contributed by atoms with Gasteiger partial charge in [-0.2, -0.15) is 0 Å². The van der Waals surface area contributed by atoms with Gasteiger partial charge in [0, 0.05) is 0 Å². The highest BCUT2D eigenvalue weighted by molar-refractivity contribution is 5.53.